The van der Waals surface area contributed by atoms with Gasteiger partial charge in [0.05, 0.1) is 0 Å². The first kappa shape index (κ1) is 14.0. The van der Waals surface area contributed by atoms with Crippen LogP contribution in [0.4, 0.5) is 10.6 Å². The van der Waals surface area contributed by atoms with E-state index < -0.39 is 0 Å². The molecular weight excluding hydrogens is 236 g/mol. The van der Waals surface area contributed by atoms with Crippen LogP contribution in [0, 0.1) is 6.92 Å². The minimum atomic E-state index is -0.305. The molecule has 1 aromatic rings. The fourth-order valence-electron chi connectivity index (χ4n) is 1.38. The second-order valence-corrected chi connectivity index (χ2v) is 4.06. The van der Waals surface area contributed by atoms with Gasteiger partial charge in [-0.2, -0.15) is 0 Å². The molecule has 3 amide bonds. The van der Waals surface area contributed by atoms with E-state index in [4.69, 9.17) is 4.52 Å². The monoisotopic (exact) mass is 254 g/mol. The van der Waals surface area contributed by atoms with Gasteiger partial charge in [0.25, 0.3) is 0 Å². The number of likely N-dealkylation sites (N-methyl/N-ethyl adjacent to an activating group) is 1. The highest BCUT2D eigenvalue weighted by Gasteiger charge is 2.17. The van der Waals surface area contributed by atoms with E-state index >= 15 is 0 Å². The lowest BCUT2D eigenvalue weighted by Crippen LogP contribution is -2.43. The zero-order chi connectivity index (χ0) is 13.7. The molecular formula is C11H18N4O3. The van der Waals surface area contributed by atoms with E-state index in [-0.39, 0.29) is 18.5 Å². The molecule has 0 saturated heterocycles. The first-order valence-corrected chi connectivity index (χ1v) is 5.63. The van der Waals surface area contributed by atoms with E-state index in [9.17, 15) is 9.59 Å². The second-order valence-electron chi connectivity index (χ2n) is 4.06. The van der Waals surface area contributed by atoms with Gasteiger partial charge in [-0.05, 0) is 13.8 Å². The largest absolute Gasteiger partial charge is 0.360 e. The van der Waals surface area contributed by atoms with Crippen molar-refractivity contribution in [2.75, 3.05) is 32.5 Å². The minimum absolute atomic E-state index is 0.0145. The van der Waals surface area contributed by atoms with Crippen molar-refractivity contribution in [1.82, 2.24) is 15.0 Å². The number of nitrogens with one attached hydrogen (secondary N) is 1. The van der Waals surface area contributed by atoms with Gasteiger partial charge in [0.2, 0.25) is 5.91 Å². The average molecular weight is 254 g/mol. The van der Waals surface area contributed by atoms with E-state index in [0.717, 1.165) is 0 Å². The number of rotatable bonds is 4. The van der Waals surface area contributed by atoms with Gasteiger partial charge in [0.1, 0.15) is 12.3 Å². The summed E-state index contributed by atoms with van der Waals surface area (Å²) < 4.78 is 4.83. The van der Waals surface area contributed by atoms with Crippen LogP contribution in [-0.4, -0.2) is 54.1 Å². The fraction of sp³-hybridized carbons (Fsp3) is 0.545. The van der Waals surface area contributed by atoms with Crippen molar-refractivity contribution in [3.05, 3.63) is 11.8 Å². The van der Waals surface area contributed by atoms with Crippen molar-refractivity contribution in [1.29, 1.82) is 0 Å². The number of aryl methyl sites for hydroxylation is 1. The predicted molar refractivity (Wildman–Crippen MR) is 66.2 cm³/mol. The Bertz CT molecular complexity index is 428. The van der Waals surface area contributed by atoms with E-state index in [2.05, 4.69) is 10.5 Å². The number of hydrogen-bond acceptors (Lipinski definition) is 4. The van der Waals surface area contributed by atoms with E-state index in [1.807, 2.05) is 6.92 Å². The Kier molecular flexibility index (Phi) is 4.70. The maximum absolute atomic E-state index is 11.7. The number of urea groups is 1. The van der Waals surface area contributed by atoms with Gasteiger partial charge in [-0.25, -0.2) is 4.79 Å². The summed E-state index contributed by atoms with van der Waals surface area (Å²) in [5, 5.41) is 6.21. The van der Waals surface area contributed by atoms with Gasteiger partial charge in [-0.15, -0.1) is 0 Å². The smallest absolute Gasteiger partial charge is 0.319 e. The third-order valence-electron chi connectivity index (χ3n) is 2.26. The van der Waals surface area contributed by atoms with Crippen molar-refractivity contribution in [3.8, 4) is 0 Å². The van der Waals surface area contributed by atoms with Crippen molar-refractivity contribution < 1.29 is 14.1 Å². The first-order valence-electron chi connectivity index (χ1n) is 5.63. The molecule has 0 aromatic carbocycles. The van der Waals surface area contributed by atoms with Gasteiger partial charge < -0.3 is 19.6 Å². The van der Waals surface area contributed by atoms with Crippen LogP contribution in [0.15, 0.2) is 10.6 Å². The minimum Gasteiger partial charge on any atom is -0.360 e. The molecule has 1 heterocycles. The standard InChI is InChI=1S/C11H18N4O3/c1-5-15(11(17)14(3)4)7-10(16)12-9-6-8(2)18-13-9/h6H,5,7H2,1-4H3,(H,12,13,16). The zero-order valence-electron chi connectivity index (χ0n) is 11.1. The topological polar surface area (TPSA) is 78.7 Å². The third kappa shape index (κ3) is 3.76. The summed E-state index contributed by atoms with van der Waals surface area (Å²) in [6, 6.07) is 1.41. The highest BCUT2D eigenvalue weighted by Crippen LogP contribution is 2.07. The van der Waals surface area contributed by atoms with Crippen LogP contribution in [0.2, 0.25) is 0 Å². The van der Waals surface area contributed by atoms with E-state index in [0.29, 0.717) is 18.1 Å². The fourth-order valence-corrected chi connectivity index (χ4v) is 1.38. The molecule has 0 fully saturated rings. The Labute approximate surface area is 106 Å². The van der Waals surface area contributed by atoms with Gasteiger partial charge >= 0.3 is 6.03 Å². The van der Waals surface area contributed by atoms with E-state index in [1.165, 1.54) is 9.80 Å². The molecule has 7 nitrogen and oxygen atoms in total. The Morgan fingerprint density at radius 2 is 2.11 bits per heavy atom. The summed E-state index contributed by atoms with van der Waals surface area (Å²) in [6.07, 6.45) is 0. The summed E-state index contributed by atoms with van der Waals surface area (Å²) in [5.74, 6) is 0.660. The predicted octanol–water partition coefficient (Wildman–Crippen LogP) is 0.925. The van der Waals surface area contributed by atoms with Crippen LogP contribution >= 0.6 is 0 Å². The molecule has 0 bridgehead atoms. The molecule has 18 heavy (non-hydrogen) atoms. The maximum Gasteiger partial charge on any atom is 0.319 e. The number of amides is 3. The number of hydrogen-bond donors (Lipinski definition) is 1. The van der Waals surface area contributed by atoms with Crippen molar-refractivity contribution in [2.45, 2.75) is 13.8 Å². The molecule has 0 aliphatic heterocycles. The van der Waals surface area contributed by atoms with Crippen LogP contribution in [-0.2, 0) is 4.79 Å². The van der Waals surface area contributed by atoms with Crippen LogP contribution < -0.4 is 5.32 Å². The van der Waals surface area contributed by atoms with Crippen LogP contribution in [0.1, 0.15) is 12.7 Å². The number of aromatic nitrogens is 1. The maximum atomic E-state index is 11.7. The molecule has 7 heteroatoms. The molecule has 0 spiro atoms. The summed E-state index contributed by atoms with van der Waals surface area (Å²) in [5.41, 5.74) is 0. The number of carbonyl (C=O) groups excluding carboxylic acids is 2. The second kappa shape index (κ2) is 6.04. The summed E-state index contributed by atoms with van der Waals surface area (Å²) in [6.45, 7) is 3.99. The molecule has 1 aromatic heterocycles. The molecule has 0 radical (unpaired) electrons. The van der Waals surface area contributed by atoms with Gasteiger partial charge in [-0.3, -0.25) is 4.79 Å². The molecule has 0 aliphatic rings. The summed E-state index contributed by atoms with van der Waals surface area (Å²) in [4.78, 5) is 26.3. The number of carbonyl (C=O) groups is 2. The lowest BCUT2D eigenvalue weighted by atomic mass is 10.4. The lowest BCUT2D eigenvalue weighted by molar-refractivity contribution is -0.116. The van der Waals surface area contributed by atoms with Gasteiger partial charge in [0, 0.05) is 26.7 Å². The number of nitrogens with zero attached hydrogens (tertiary/aromatic N) is 3. The Hall–Kier alpha value is -2.05. The van der Waals surface area contributed by atoms with Crippen LogP contribution in [0.3, 0.4) is 0 Å². The number of anilines is 1. The molecule has 1 rings (SSSR count). The highest BCUT2D eigenvalue weighted by molar-refractivity contribution is 5.93. The first-order chi connectivity index (χ1) is 8.43. The summed E-state index contributed by atoms with van der Waals surface area (Å²) >= 11 is 0. The lowest BCUT2D eigenvalue weighted by Gasteiger charge is -2.23. The van der Waals surface area contributed by atoms with Crippen molar-refractivity contribution in [2.24, 2.45) is 0 Å². The Morgan fingerprint density at radius 3 is 2.56 bits per heavy atom. The van der Waals surface area contributed by atoms with Crippen molar-refractivity contribution in [3.63, 3.8) is 0 Å². The van der Waals surface area contributed by atoms with Crippen molar-refractivity contribution >= 4 is 17.8 Å². The average Bonchev–Trinajstić information content (AvgIpc) is 2.70. The highest BCUT2D eigenvalue weighted by atomic mass is 16.5. The molecule has 0 unspecified atom stereocenters. The molecule has 0 atom stereocenters. The van der Waals surface area contributed by atoms with Crippen LogP contribution in [0.25, 0.3) is 0 Å². The third-order valence-corrected chi connectivity index (χ3v) is 2.26. The van der Waals surface area contributed by atoms with Crippen LogP contribution in [0.5, 0.6) is 0 Å². The Balaban J connectivity index is 2.55. The molecule has 0 aliphatic carbocycles. The quantitative estimate of drug-likeness (QED) is 0.866. The molecule has 100 valence electrons. The summed E-state index contributed by atoms with van der Waals surface area (Å²) in [7, 11) is 3.29. The molecule has 0 saturated carbocycles. The zero-order valence-corrected chi connectivity index (χ0v) is 11.1. The SMILES string of the molecule is CCN(CC(=O)Nc1cc(C)on1)C(=O)N(C)C. The van der Waals surface area contributed by atoms with Gasteiger partial charge in [0.15, 0.2) is 5.82 Å². The Morgan fingerprint density at radius 1 is 1.44 bits per heavy atom. The van der Waals surface area contributed by atoms with Gasteiger partial charge in [-0.1, -0.05) is 5.16 Å². The normalized spacial score (nSPS) is 10.0. The van der Waals surface area contributed by atoms with E-state index in [1.54, 1.807) is 27.1 Å². The molecule has 1 N–H and O–H groups in total.